The largest absolute Gasteiger partial charge is 0.506 e. The first kappa shape index (κ1) is 16.6. The van der Waals surface area contributed by atoms with E-state index >= 15 is 0 Å². The van der Waals surface area contributed by atoms with Crippen molar-refractivity contribution in [2.45, 2.75) is 48.9 Å². The minimum Gasteiger partial charge on any atom is -0.506 e. The second-order valence-electron chi connectivity index (χ2n) is 5.88. The predicted molar refractivity (Wildman–Crippen MR) is 70.9 cm³/mol. The van der Waals surface area contributed by atoms with Crippen LogP contribution in [-0.2, 0) is 14.3 Å². The van der Waals surface area contributed by atoms with Gasteiger partial charge in [0.1, 0.15) is 36.8 Å². The van der Waals surface area contributed by atoms with Gasteiger partial charge in [0.25, 0.3) is 0 Å². The molecule has 23 heavy (non-hydrogen) atoms. The third-order valence-electron chi connectivity index (χ3n) is 4.56. The third-order valence-corrected chi connectivity index (χ3v) is 4.56. The lowest BCUT2D eigenvalue weighted by Gasteiger charge is -2.32. The van der Waals surface area contributed by atoms with E-state index in [1.807, 2.05) is 0 Å². The van der Waals surface area contributed by atoms with Crippen molar-refractivity contribution in [1.82, 2.24) is 4.90 Å². The van der Waals surface area contributed by atoms with E-state index in [0.717, 1.165) is 6.26 Å². The first-order valence-corrected chi connectivity index (χ1v) is 7.19. The molecule has 10 heteroatoms. The van der Waals surface area contributed by atoms with Crippen LogP contribution in [-0.4, -0.2) is 103 Å². The fourth-order valence-corrected chi connectivity index (χ4v) is 3.30. The molecule has 2 saturated heterocycles. The smallest absolute Gasteiger partial charge is 0.228 e. The molecule has 2 fully saturated rings. The maximum absolute atomic E-state index is 11.8. The molecular formula is C13H19NO9. The van der Waals surface area contributed by atoms with Crippen LogP contribution in [0.1, 0.15) is 0 Å². The number of Topliss-reactive ketones (excluding diaryl/α,β-unsaturated/α-hetero) is 1. The lowest BCUT2D eigenvalue weighted by Crippen LogP contribution is -2.48. The molecule has 0 radical (unpaired) electrons. The summed E-state index contributed by atoms with van der Waals surface area (Å²) in [6.07, 6.45) is -7.26. The van der Waals surface area contributed by atoms with Crippen molar-refractivity contribution in [2.75, 3.05) is 13.2 Å². The Kier molecular flexibility index (Phi) is 4.31. The van der Waals surface area contributed by atoms with Crippen LogP contribution in [0.5, 0.6) is 0 Å². The van der Waals surface area contributed by atoms with E-state index in [0.29, 0.717) is 0 Å². The van der Waals surface area contributed by atoms with Gasteiger partial charge in [-0.15, -0.1) is 0 Å². The maximum Gasteiger partial charge on any atom is 0.228 e. The number of aliphatic hydroxyl groups is 6. The highest BCUT2D eigenvalue weighted by Gasteiger charge is 2.57. The highest BCUT2D eigenvalue weighted by atomic mass is 16.7. The van der Waals surface area contributed by atoms with Crippen LogP contribution < -0.4 is 0 Å². The molecule has 0 amide bonds. The van der Waals surface area contributed by atoms with E-state index in [1.165, 1.54) is 4.90 Å². The van der Waals surface area contributed by atoms with E-state index in [-0.39, 0.29) is 6.54 Å². The molecule has 130 valence electrons. The first-order valence-electron chi connectivity index (χ1n) is 7.19. The summed E-state index contributed by atoms with van der Waals surface area (Å²) in [6, 6.07) is -1.84. The predicted octanol–water partition coefficient (Wildman–Crippen LogP) is -3.80. The van der Waals surface area contributed by atoms with Crippen LogP contribution >= 0.6 is 0 Å². The zero-order chi connectivity index (χ0) is 16.9. The van der Waals surface area contributed by atoms with Gasteiger partial charge in [0.2, 0.25) is 6.29 Å². The van der Waals surface area contributed by atoms with E-state index in [1.54, 1.807) is 0 Å². The number of aliphatic hydroxyl groups excluding tert-OH is 6. The monoisotopic (exact) mass is 333 g/mol. The molecule has 0 aromatic rings. The van der Waals surface area contributed by atoms with Gasteiger partial charge in [0.15, 0.2) is 11.5 Å². The molecule has 3 aliphatic rings. The summed E-state index contributed by atoms with van der Waals surface area (Å²) in [5, 5.41) is 58.1. The van der Waals surface area contributed by atoms with Crippen molar-refractivity contribution in [3.8, 4) is 0 Å². The number of nitrogens with zero attached hydrogens (tertiary/aromatic N) is 1. The van der Waals surface area contributed by atoms with Crippen LogP contribution in [0.4, 0.5) is 0 Å². The summed E-state index contributed by atoms with van der Waals surface area (Å²) in [4.78, 5) is 13.2. The van der Waals surface area contributed by atoms with Gasteiger partial charge >= 0.3 is 0 Å². The Morgan fingerprint density at radius 2 is 1.91 bits per heavy atom. The van der Waals surface area contributed by atoms with E-state index in [2.05, 4.69) is 0 Å². The molecule has 3 aliphatic heterocycles. The SMILES string of the molecule is O=C1[C@@H](CO)N2C[C@H](O[C@H]3OC=C(O)C(O)C3O)[C@@H](O)[C@@H]2[C@H]1O. The van der Waals surface area contributed by atoms with Gasteiger partial charge in [-0.05, 0) is 0 Å². The standard InChI is InChI=1S/C13H19NO9/c15-2-4-8(17)11(20)7-10(19)6(1-14(4)7)23-13-12(21)9(18)5(16)3-22-13/h3-4,6-7,9-13,15-16,18-21H,1-2H2/t4-,6+,7-,9?,10-,11-,12?,13-/m1/s1. The average molecular weight is 333 g/mol. The molecule has 8 atom stereocenters. The van der Waals surface area contributed by atoms with Crippen molar-refractivity contribution in [1.29, 1.82) is 0 Å². The number of rotatable bonds is 3. The van der Waals surface area contributed by atoms with Gasteiger partial charge in [-0.2, -0.15) is 0 Å². The summed E-state index contributed by atoms with van der Waals surface area (Å²) in [5.74, 6) is -1.11. The highest BCUT2D eigenvalue weighted by molar-refractivity contribution is 5.91. The minimum absolute atomic E-state index is 0.0260. The van der Waals surface area contributed by atoms with Crippen LogP contribution in [0.2, 0.25) is 0 Å². The van der Waals surface area contributed by atoms with E-state index < -0.39 is 67.0 Å². The topological polar surface area (TPSA) is 160 Å². The van der Waals surface area contributed by atoms with Crippen molar-refractivity contribution in [3.63, 3.8) is 0 Å². The normalized spacial score (nSPS) is 47.3. The Labute approximate surface area is 130 Å². The molecule has 6 N–H and O–H groups in total. The Balaban J connectivity index is 1.71. The second-order valence-corrected chi connectivity index (χ2v) is 5.88. The summed E-state index contributed by atoms with van der Waals surface area (Å²) in [6.45, 7) is -0.470. The number of ketones is 1. The van der Waals surface area contributed by atoms with Gasteiger partial charge in [-0.25, -0.2) is 0 Å². The zero-order valence-corrected chi connectivity index (χ0v) is 12.0. The van der Waals surface area contributed by atoms with Crippen LogP contribution in [0.3, 0.4) is 0 Å². The van der Waals surface area contributed by atoms with Crippen LogP contribution in [0, 0.1) is 0 Å². The molecule has 0 aromatic carbocycles. The Morgan fingerprint density at radius 1 is 1.22 bits per heavy atom. The van der Waals surface area contributed by atoms with Crippen molar-refractivity contribution in [2.24, 2.45) is 0 Å². The zero-order valence-electron chi connectivity index (χ0n) is 12.0. The summed E-state index contributed by atoms with van der Waals surface area (Å²) < 4.78 is 10.4. The van der Waals surface area contributed by atoms with Gasteiger partial charge in [0, 0.05) is 6.54 Å². The molecule has 0 bridgehead atoms. The molecule has 0 aromatic heterocycles. The Bertz CT molecular complexity index is 512. The van der Waals surface area contributed by atoms with Crippen molar-refractivity contribution in [3.05, 3.63) is 12.0 Å². The molecule has 0 saturated carbocycles. The van der Waals surface area contributed by atoms with E-state index in [4.69, 9.17) is 9.47 Å². The first-order chi connectivity index (χ1) is 10.9. The lowest BCUT2D eigenvalue weighted by atomic mass is 10.0. The van der Waals surface area contributed by atoms with Gasteiger partial charge in [-0.1, -0.05) is 0 Å². The summed E-state index contributed by atoms with van der Waals surface area (Å²) >= 11 is 0. The van der Waals surface area contributed by atoms with Crippen molar-refractivity contribution >= 4 is 5.78 Å². The number of hydrogen-bond donors (Lipinski definition) is 6. The summed E-state index contributed by atoms with van der Waals surface area (Å²) in [7, 11) is 0. The highest BCUT2D eigenvalue weighted by Crippen LogP contribution is 2.34. The molecule has 2 unspecified atom stereocenters. The average Bonchev–Trinajstić information content (AvgIpc) is 2.96. The lowest BCUT2D eigenvalue weighted by molar-refractivity contribution is -0.232. The van der Waals surface area contributed by atoms with Gasteiger partial charge in [0.05, 0.1) is 18.7 Å². The maximum atomic E-state index is 11.8. The molecule has 3 heterocycles. The van der Waals surface area contributed by atoms with E-state index in [9.17, 15) is 35.4 Å². The fraction of sp³-hybridized carbons (Fsp3) is 0.769. The van der Waals surface area contributed by atoms with Gasteiger partial charge < -0.3 is 40.1 Å². The van der Waals surface area contributed by atoms with Crippen LogP contribution in [0.25, 0.3) is 0 Å². The number of ether oxygens (including phenoxy) is 2. The number of carbonyl (C=O) groups excluding carboxylic acids is 1. The minimum atomic E-state index is -1.58. The molecule has 10 nitrogen and oxygen atoms in total. The molecule has 3 rings (SSSR count). The molecule has 0 aliphatic carbocycles. The van der Waals surface area contributed by atoms with Gasteiger partial charge in [-0.3, -0.25) is 9.69 Å². The van der Waals surface area contributed by atoms with Crippen LogP contribution in [0.15, 0.2) is 12.0 Å². The number of hydrogen-bond acceptors (Lipinski definition) is 10. The third kappa shape index (κ3) is 2.52. The fourth-order valence-electron chi connectivity index (χ4n) is 3.30. The molecule has 0 spiro atoms. The quantitative estimate of drug-likeness (QED) is 0.302. The summed E-state index contributed by atoms with van der Waals surface area (Å²) in [5.41, 5.74) is 0. The number of carbonyl (C=O) groups is 1. The second kappa shape index (κ2) is 5.98. The number of fused-ring (bicyclic) bond motifs is 1. The van der Waals surface area contributed by atoms with Crippen molar-refractivity contribution < 1.29 is 44.9 Å². The molecular weight excluding hydrogens is 314 g/mol. The Hall–Kier alpha value is -1.27. The Morgan fingerprint density at radius 3 is 2.57 bits per heavy atom.